The van der Waals surface area contributed by atoms with Crippen molar-refractivity contribution in [1.82, 2.24) is 4.31 Å². The summed E-state index contributed by atoms with van der Waals surface area (Å²) in [5.74, 6) is -1.15. The van der Waals surface area contributed by atoms with E-state index in [1.54, 1.807) is 6.92 Å². The summed E-state index contributed by atoms with van der Waals surface area (Å²) in [5.41, 5.74) is -0.115. The highest BCUT2D eigenvalue weighted by Crippen LogP contribution is 2.23. The highest BCUT2D eigenvalue weighted by atomic mass is 32.2. The quantitative estimate of drug-likeness (QED) is 0.348. The van der Waals surface area contributed by atoms with Crippen LogP contribution in [-0.2, 0) is 24.3 Å². The molecule has 0 amide bonds. The molecule has 142 valence electrons. The number of carbonyl (C=O) groups excluding carboxylic acids is 1. The van der Waals surface area contributed by atoms with Crippen LogP contribution in [-0.4, -0.2) is 56.7 Å². The number of aliphatic hydroxyl groups is 1. The first-order valence-corrected chi connectivity index (χ1v) is 9.47. The van der Waals surface area contributed by atoms with Gasteiger partial charge in [-0.3, -0.25) is 0 Å². The summed E-state index contributed by atoms with van der Waals surface area (Å²) >= 11 is 0. The second-order valence-electron chi connectivity index (χ2n) is 5.37. The van der Waals surface area contributed by atoms with Gasteiger partial charge >= 0.3 is 5.97 Å². The van der Waals surface area contributed by atoms with Crippen molar-refractivity contribution >= 4 is 21.7 Å². The predicted molar refractivity (Wildman–Crippen MR) is 92.5 cm³/mol. The fraction of sp³-hybridized carbons (Fsp3) is 0.438. The van der Waals surface area contributed by atoms with E-state index in [0.717, 1.165) is 0 Å². The van der Waals surface area contributed by atoms with Crippen LogP contribution in [0.5, 0.6) is 0 Å². The highest BCUT2D eigenvalue weighted by Gasteiger charge is 2.26. The number of morpholine rings is 1. The van der Waals surface area contributed by atoms with Gasteiger partial charge in [-0.1, -0.05) is 6.07 Å². The molecule has 1 fully saturated rings. The third-order valence-corrected chi connectivity index (χ3v) is 5.40. The molecule has 1 N–H and O–H groups in total. The molecule has 10 heteroatoms. The fourth-order valence-corrected chi connectivity index (χ4v) is 3.66. The summed E-state index contributed by atoms with van der Waals surface area (Å²) in [6.07, 6.45) is 0. The van der Waals surface area contributed by atoms with E-state index in [1.807, 2.05) is 0 Å². The van der Waals surface area contributed by atoms with Crippen LogP contribution in [0.25, 0.3) is 0 Å². The minimum absolute atomic E-state index is 0.0678. The normalized spacial score (nSPS) is 17.2. The number of benzene rings is 1. The molecule has 0 aromatic heterocycles. The maximum atomic E-state index is 12.7. The zero-order chi connectivity index (χ0) is 19.2. The maximum Gasteiger partial charge on any atom is 0.362 e. The Hall–Kier alpha value is -2.30. The number of hydrogen-bond acceptors (Lipinski definition) is 8. The van der Waals surface area contributed by atoms with Gasteiger partial charge in [0.1, 0.15) is 5.76 Å². The number of nitrogens with zero attached hydrogens (tertiary/aromatic N) is 3. The molecule has 0 atom stereocenters. The van der Waals surface area contributed by atoms with Gasteiger partial charge in [0.2, 0.25) is 15.7 Å². The molecule has 26 heavy (non-hydrogen) atoms. The molecule has 0 bridgehead atoms. The van der Waals surface area contributed by atoms with Crippen LogP contribution < -0.4 is 0 Å². The van der Waals surface area contributed by atoms with Crippen molar-refractivity contribution in [3.05, 3.63) is 35.7 Å². The van der Waals surface area contributed by atoms with Gasteiger partial charge in [-0.25, -0.2) is 13.2 Å². The van der Waals surface area contributed by atoms with Crippen LogP contribution >= 0.6 is 0 Å². The Bertz CT molecular complexity index is 809. The van der Waals surface area contributed by atoms with E-state index in [2.05, 4.69) is 10.2 Å². The molecular formula is C16H21N3O6S. The predicted octanol–water partition coefficient (Wildman–Crippen LogP) is 2.14. The van der Waals surface area contributed by atoms with Crippen LogP contribution in [0.15, 0.2) is 50.8 Å². The number of carbonyl (C=O) groups is 1. The number of allylic oxidation sites excluding steroid dienone is 1. The van der Waals surface area contributed by atoms with Crippen LogP contribution in [0.1, 0.15) is 13.8 Å². The van der Waals surface area contributed by atoms with E-state index >= 15 is 0 Å². The lowest BCUT2D eigenvalue weighted by Crippen LogP contribution is -2.40. The lowest BCUT2D eigenvalue weighted by atomic mass is 10.3. The third-order valence-electron chi connectivity index (χ3n) is 3.50. The number of rotatable bonds is 6. The third kappa shape index (κ3) is 4.87. The number of esters is 1. The number of azo groups is 1. The monoisotopic (exact) mass is 383 g/mol. The Morgan fingerprint density at radius 2 is 2.04 bits per heavy atom. The number of hydrogen-bond donors (Lipinski definition) is 1. The van der Waals surface area contributed by atoms with E-state index in [-0.39, 0.29) is 41.7 Å². The average molecular weight is 383 g/mol. The van der Waals surface area contributed by atoms with E-state index in [9.17, 15) is 18.3 Å². The van der Waals surface area contributed by atoms with Gasteiger partial charge in [0.15, 0.2) is 0 Å². The van der Waals surface area contributed by atoms with Gasteiger partial charge in [-0.05, 0) is 32.0 Å². The van der Waals surface area contributed by atoms with Gasteiger partial charge in [0.25, 0.3) is 0 Å². The topological polar surface area (TPSA) is 118 Å². The summed E-state index contributed by atoms with van der Waals surface area (Å²) in [7, 11) is -3.67. The van der Waals surface area contributed by atoms with Crippen LogP contribution in [0.3, 0.4) is 0 Å². The van der Waals surface area contributed by atoms with Crippen molar-refractivity contribution in [3.63, 3.8) is 0 Å². The van der Waals surface area contributed by atoms with Crippen molar-refractivity contribution in [1.29, 1.82) is 0 Å². The zero-order valence-electron chi connectivity index (χ0n) is 14.6. The van der Waals surface area contributed by atoms with Crippen LogP contribution in [0, 0.1) is 0 Å². The van der Waals surface area contributed by atoms with Crippen molar-refractivity contribution in [2.24, 2.45) is 10.2 Å². The Morgan fingerprint density at radius 3 is 2.65 bits per heavy atom. The zero-order valence-corrected chi connectivity index (χ0v) is 15.4. The van der Waals surface area contributed by atoms with E-state index in [1.165, 1.54) is 35.5 Å². The Morgan fingerprint density at radius 1 is 1.35 bits per heavy atom. The van der Waals surface area contributed by atoms with Crippen molar-refractivity contribution in [2.45, 2.75) is 18.7 Å². The molecule has 2 rings (SSSR count). The van der Waals surface area contributed by atoms with Crippen molar-refractivity contribution in [3.8, 4) is 0 Å². The molecule has 1 aromatic rings. The molecule has 0 unspecified atom stereocenters. The minimum atomic E-state index is -3.67. The molecule has 0 spiro atoms. The summed E-state index contributed by atoms with van der Waals surface area (Å²) in [5, 5.41) is 17.1. The molecule has 0 radical (unpaired) electrons. The SMILES string of the molecule is CCOC(=O)/C(N=Nc1cccc(S(=O)(=O)N2CCOCC2)c1)=C(\C)O. The van der Waals surface area contributed by atoms with Gasteiger partial charge < -0.3 is 14.6 Å². The number of aliphatic hydroxyl groups excluding tert-OH is 1. The summed E-state index contributed by atoms with van der Waals surface area (Å²) in [6.45, 7) is 4.30. The summed E-state index contributed by atoms with van der Waals surface area (Å²) < 4.78 is 36.6. The van der Waals surface area contributed by atoms with E-state index in [0.29, 0.717) is 13.2 Å². The van der Waals surface area contributed by atoms with Crippen molar-refractivity contribution in [2.75, 3.05) is 32.9 Å². The number of sulfonamides is 1. The fourth-order valence-electron chi connectivity index (χ4n) is 2.21. The van der Waals surface area contributed by atoms with Gasteiger partial charge in [0.05, 0.1) is 30.4 Å². The largest absolute Gasteiger partial charge is 0.510 e. The molecular weight excluding hydrogens is 362 g/mol. The second-order valence-corrected chi connectivity index (χ2v) is 7.31. The molecule has 1 aromatic carbocycles. The van der Waals surface area contributed by atoms with Crippen LogP contribution in [0.4, 0.5) is 5.69 Å². The molecule has 1 aliphatic rings. The van der Waals surface area contributed by atoms with Crippen molar-refractivity contribution < 1.29 is 27.8 Å². The molecule has 1 heterocycles. The van der Waals surface area contributed by atoms with E-state index in [4.69, 9.17) is 9.47 Å². The van der Waals surface area contributed by atoms with Gasteiger partial charge in [-0.15, -0.1) is 5.11 Å². The average Bonchev–Trinajstić information content (AvgIpc) is 2.63. The van der Waals surface area contributed by atoms with E-state index < -0.39 is 16.0 Å². The first kappa shape index (κ1) is 20.0. The molecule has 1 saturated heterocycles. The molecule has 0 saturated carbocycles. The smallest absolute Gasteiger partial charge is 0.362 e. The Balaban J connectivity index is 2.26. The number of ether oxygens (including phenoxy) is 2. The molecule has 1 aliphatic heterocycles. The lowest BCUT2D eigenvalue weighted by molar-refractivity contribution is -0.138. The van der Waals surface area contributed by atoms with Crippen LogP contribution in [0.2, 0.25) is 0 Å². The minimum Gasteiger partial charge on any atom is -0.510 e. The first-order valence-electron chi connectivity index (χ1n) is 8.03. The Labute approximate surface area is 152 Å². The summed E-state index contributed by atoms with van der Waals surface area (Å²) in [6, 6.07) is 5.88. The summed E-state index contributed by atoms with van der Waals surface area (Å²) in [4.78, 5) is 11.8. The molecule has 0 aliphatic carbocycles. The molecule has 9 nitrogen and oxygen atoms in total. The Kier molecular flexibility index (Phi) is 6.83. The van der Waals surface area contributed by atoms with Gasteiger partial charge in [0, 0.05) is 13.1 Å². The lowest BCUT2D eigenvalue weighted by Gasteiger charge is -2.26. The maximum absolute atomic E-state index is 12.7. The first-order chi connectivity index (χ1) is 12.4. The second kappa shape index (κ2) is 8.88. The van der Waals surface area contributed by atoms with Gasteiger partial charge in [-0.2, -0.15) is 9.42 Å². The standard InChI is InChI=1S/C16H21N3O6S/c1-3-25-16(21)15(12(2)20)18-17-13-5-4-6-14(11-13)26(22,23)19-7-9-24-10-8-19/h4-6,11,20H,3,7-10H2,1-2H3/b15-12-,18-17?. The highest BCUT2D eigenvalue weighted by molar-refractivity contribution is 7.89.